The standard InChI is InChI=1S/C13H17FN2O3/c1-18-6-4-15-9-13(17)16-5-7-19-12-8-10(14)2-3-11(12)16/h2-3,8,15H,4-7,9H2,1H3. The summed E-state index contributed by atoms with van der Waals surface area (Å²) in [4.78, 5) is 13.7. The molecule has 0 aromatic heterocycles. The quantitative estimate of drug-likeness (QED) is 0.802. The lowest BCUT2D eigenvalue weighted by Crippen LogP contribution is -2.43. The Balaban J connectivity index is 2.00. The normalized spacial score (nSPS) is 13.9. The fourth-order valence-corrected chi connectivity index (χ4v) is 1.92. The summed E-state index contributed by atoms with van der Waals surface area (Å²) >= 11 is 0. The van der Waals surface area contributed by atoms with Crippen LogP contribution in [-0.2, 0) is 9.53 Å². The Morgan fingerprint density at radius 1 is 1.58 bits per heavy atom. The molecule has 0 atom stereocenters. The molecule has 6 heteroatoms. The highest BCUT2D eigenvalue weighted by Gasteiger charge is 2.23. The second-order valence-electron chi connectivity index (χ2n) is 4.18. The lowest BCUT2D eigenvalue weighted by molar-refractivity contribution is -0.118. The van der Waals surface area contributed by atoms with E-state index in [1.807, 2.05) is 0 Å². The van der Waals surface area contributed by atoms with Crippen LogP contribution in [0.5, 0.6) is 5.75 Å². The van der Waals surface area contributed by atoms with E-state index in [1.54, 1.807) is 18.1 Å². The van der Waals surface area contributed by atoms with Crippen LogP contribution in [0.2, 0.25) is 0 Å². The third kappa shape index (κ3) is 3.42. The van der Waals surface area contributed by atoms with Gasteiger partial charge in [0.1, 0.15) is 18.2 Å². The number of benzene rings is 1. The van der Waals surface area contributed by atoms with Crippen LogP contribution in [0.3, 0.4) is 0 Å². The lowest BCUT2D eigenvalue weighted by Gasteiger charge is -2.29. The average Bonchev–Trinajstić information content (AvgIpc) is 2.42. The van der Waals surface area contributed by atoms with Gasteiger partial charge in [-0.05, 0) is 12.1 Å². The van der Waals surface area contributed by atoms with Gasteiger partial charge in [0.25, 0.3) is 0 Å². The molecule has 19 heavy (non-hydrogen) atoms. The molecule has 0 spiro atoms. The summed E-state index contributed by atoms with van der Waals surface area (Å²) in [6, 6.07) is 4.19. The van der Waals surface area contributed by atoms with Gasteiger partial charge in [-0.3, -0.25) is 4.79 Å². The first-order valence-corrected chi connectivity index (χ1v) is 6.14. The van der Waals surface area contributed by atoms with Crippen molar-refractivity contribution in [1.29, 1.82) is 0 Å². The molecule has 1 aliphatic rings. The van der Waals surface area contributed by atoms with Crippen molar-refractivity contribution in [3.63, 3.8) is 0 Å². The van der Waals surface area contributed by atoms with Gasteiger partial charge in [-0.25, -0.2) is 4.39 Å². The number of anilines is 1. The summed E-state index contributed by atoms with van der Waals surface area (Å²) in [6.07, 6.45) is 0. The molecule has 104 valence electrons. The molecular formula is C13H17FN2O3. The Hall–Kier alpha value is -1.66. The van der Waals surface area contributed by atoms with Crippen molar-refractivity contribution in [2.45, 2.75) is 0 Å². The molecule has 0 fully saturated rings. The number of nitrogens with zero attached hydrogens (tertiary/aromatic N) is 1. The number of fused-ring (bicyclic) bond motifs is 1. The van der Waals surface area contributed by atoms with E-state index in [9.17, 15) is 9.18 Å². The number of methoxy groups -OCH3 is 1. The summed E-state index contributed by atoms with van der Waals surface area (Å²) in [6.45, 7) is 2.24. The van der Waals surface area contributed by atoms with E-state index >= 15 is 0 Å². The molecular weight excluding hydrogens is 251 g/mol. The van der Waals surface area contributed by atoms with Gasteiger partial charge in [0.15, 0.2) is 0 Å². The molecule has 1 amide bonds. The molecule has 0 bridgehead atoms. The summed E-state index contributed by atoms with van der Waals surface area (Å²) in [7, 11) is 1.61. The fourth-order valence-electron chi connectivity index (χ4n) is 1.92. The minimum Gasteiger partial charge on any atom is -0.489 e. The molecule has 0 saturated heterocycles. The van der Waals surface area contributed by atoms with E-state index in [1.165, 1.54) is 12.1 Å². The Kier molecular flexibility index (Phi) is 4.70. The SMILES string of the molecule is COCCNCC(=O)N1CCOc2cc(F)ccc21. The first kappa shape index (κ1) is 13.8. The number of amides is 1. The van der Waals surface area contributed by atoms with Crippen LogP contribution in [0.4, 0.5) is 10.1 Å². The van der Waals surface area contributed by atoms with Crippen LogP contribution in [0.15, 0.2) is 18.2 Å². The maximum Gasteiger partial charge on any atom is 0.241 e. The van der Waals surface area contributed by atoms with Gasteiger partial charge in [0.05, 0.1) is 25.4 Å². The summed E-state index contributed by atoms with van der Waals surface area (Å²) in [5, 5.41) is 2.99. The molecule has 0 saturated carbocycles. The highest BCUT2D eigenvalue weighted by Crippen LogP contribution is 2.31. The molecule has 1 aromatic rings. The number of carbonyl (C=O) groups is 1. The Labute approximate surface area is 111 Å². The largest absolute Gasteiger partial charge is 0.489 e. The summed E-state index contributed by atoms with van der Waals surface area (Å²) in [5.41, 5.74) is 0.617. The van der Waals surface area contributed by atoms with Gasteiger partial charge < -0.3 is 19.7 Å². The van der Waals surface area contributed by atoms with E-state index in [0.717, 1.165) is 0 Å². The minimum absolute atomic E-state index is 0.0627. The zero-order valence-corrected chi connectivity index (χ0v) is 10.8. The highest BCUT2D eigenvalue weighted by molar-refractivity contribution is 5.96. The van der Waals surface area contributed by atoms with E-state index in [2.05, 4.69) is 5.32 Å². The number of rotatable bonds is 5. The van der Waals surface area contributed by atoms with Gasteiger partial charge in [-0.1, -0.05) is 0 Å². The Morgan fingerprint density at radius 2 is 2.42 bits per heavy atom. The van der Waals surface area contributed by atoms with Crippen molar-refractivity contribution in [3.8, 4) is 5.75 Å². The summed E-state index contributed by atoms with van der Waals surface area (Å²) in [5.74, 6) is -0.0185. The van der Waals surface area contributed by atoms with Crippen LogP contribution < -0.4 is 15.0 Å². The van der Waals surface area contributed by atoms with Gasteiger partial charge in [-0.2, -0.15) is 0 Å². The molecule has 0 unspecified atom stereocenters. The number of halogens is 1. The van der Waals surface area contributed by atoms with E-state index in [4.69, 9.17) is 9.47 Å². The van der Waals surface area contributed by atoms with Gasteiger partial charge in [0, 0.05) is 19.7 Å². The van der Waals surface area contributed by atoms with E-state index in [-0.39, 0.29) is 18.3 Å². The number of hydrogen-bond acceptors (Lipinski definition) is 4. The molecule has 5 nitrogen and oxygen atoms in total. The summed E-state index contributed by atoms with van der Waals surface area (Å²) < 4.78 is 23.3. The number of ether oxygens (including phenoxy) is 2. The van der Waals surface area contributed by atoms with E-state index < -0.39 is 0 Å². The number of carbonyl (C=O) groups excluding carboxylic acids is 1. The molecule has 1 aromatic carbocycles. The van der Waals surface area contributed by atoms with Crippen LogP contribution >= 0.6 is 0 Å². The van der Waals surface area contributed by atoms with Crippen LogP contribution in [0.1, 0.15) is 0 Å². The first-order chi connectivity index (χ1) is 9.22. The van der Waals surface area contributed by atoms with Crippen molar-refractivity contribution in [2.75, 3.05) is 44.9 Å². The predicted octanol–water partition coefficient (Wildman–Crippen LogP) is 0.787. The molecule has 1 N–H and O–H groups in total. The molecule has 1 aliphatic heterocycles. The van der Waals surface area contributed by atoms with Crippen LogP contribution in [-0.4, -0.2) is 45.9 Å². The fraction of sp³-hybridized carbons (Fsp3) is 0.462. The van der Waals surface area contributed by atoms with Crippen LogP contribution in [0.25, 0.3) is 0 Å². The van der Waals surface area contributed by atoms with Crippen molar-refractivity contribution < 1.29 is 18.7 Å². The second-order valence-corrected chi connectivity index (χ2v) is 4.18. The average molecular weight is 268 g/mol. The lowest BCUT2D eigenvalue weighted by atomic mass is 10.2. The van der Waals surface area contributed by atoms with Crippen molar-refractivity contribution >= 4 is 11.6 Å². The smallest absolute Gasteiger partial charge is 0.241 e. The Bertz CT molecular complexity index is 454. The molecule has 0 aliphatic carbocycles. The molecule has 1 heterocycles. The molecule has 2 rings (SSSR count). The van der Waals surface area contributed by atoms with Gasteiger partial charge in [0.2, 0.25) is 5.91 Å². The maximum atomic E-state index is 13.1. The van der Waals surface area contributed by atoms with Gasteiger partial charge >= 0.3 is 0 Å². The highest BCUT2D eigenvalue weighted by atomic mass is 19.1. The van der Waals surface area contributed by atoms with Crippen molar-refractivity contribution in [3.05, 3.63) is 24.0 Å². The molecule has 0 radical (unpaired) electrons. The van der Waals surface area contributed by atoms with Crippen LogP contribution in [0, 0.1) is 5.82 Å². The first-order valence-electron chi connectivity index (χ1n) is 6.14. The predicted molar refractivity (Wildman–Crippen MR) is 69.0 cm³/mol. The number of nitrogens with one attached hydrogen (secondary N) is 1. The van der Waals surface area contributed by atoms with Crippen molar-refractivity contribution in [2.24, 2.45) is 0 Å². The second kappa shape index (κ2) is 6.49. The monoisotopic (exact) mass is 268 g/mol. The number of hydrogen-bond donors (Lipinski definition) is 1. The third-order valence-electron chi connectivity index (χ3n) is 2.85. The zero-order valence-electron chi connectivity index (χ0n) is 10.8. The maximum absolute atomic E-state index is 13.1. The van der Waals surface area contributed by atoms with Gasteiger partial charge in [-0.15, -0.1) is 0 Å². The van der Waals surface area contributed by atoms with Crippen molar-refractivity contribution in [1.82, 2.24) is 5.32 Å². The zero-order chi connectivity index (χ0) is 13.7. The topological polar surface area (TPSA) is 50.8 Å². The minimum atomic E-state index is -0.369. The third-order valence-corrected chi connectivity index (χ3v) is 2.85. The Morgan fingerprint density at radius 3 is 3.21 bits per heavy atom. The van der Waals surface area contributed by atoms with E-state index in [0.29, 0.717) is 37.7 Å².